The third-order valence-corrected chi connectivity index (χ3v) is 2.29. The molecule has 0 bridgehead atoms. The summed E-state index contributed by atoms with van der Waals surface area (Å²) in [5.74, 6) is -0.757. The predicted molar refractivity (Wildman–Crippen MR) is 51.7 cm³/mol. The summed E-state index contributed by atoms with van der Waals surface area (Å²) >= 11 is 0. The molecule has 0 aromatic heterocycles. The summed E-state index contributed by atoms with van der Waals surface area (Å²) in [6.07, 6.45) is 8.60. The van der Waals surface area contributed by atoms with Gasteiger partial charge in [0.2, 0.25) is 0 Å². The normalized spacial score (nSPS) is 23.5. The van der Waals surface area contributed by atoms with E-state index in [0.717, 1.165) is 13.0 Å². The van der Waals surface area contributed by atoms with Gasteiger partial charge in [-0.3, -0.25) is 4.79 Å². The van der Waals surface area contributed by atoms with E-state index in [1.54, 1.807) is 6.08 Å². The summed E-state index contributed by atoms with van der Waals surface area (Å²) in [6.45, 7) is 1.11. The summed E-state index contributed by atoms with van der Waals surface area (Å²) in [5.41, 5.74) is 0. The fourth-order valence-electron chi connectivity index (χ4n) is 1.57. The fourth-order valence-corrected chi connectivity index (χ4v) is 1.57. The molecule has 1 aliphatic heterocycles. The lowest BCUT2D eigenvalue weighted by molar-refractivity contribution is -0.136. The van der Waals surface area contributed by atoms with Crippen molar-refractivity contribution in [1.29, 1.82) is 0 Å². The molecular formula is C10H17NO2. The van der Waals surface area contributed by atoms with Crippen LogP contribution in [0.1, 0.15) is 32.1 Å². The van der Waals surface area contributed by atoms with Crippen molar-refractivity contribution in [2.75, 3.05) is 6.54 Å². The molecule has 0 aromatic carbocycles. The first kappa shape index (κ1) is 10.3. The molecule has 0 aliphatic carbocycles. The van der Waals surface area contributed by atoms with E-state index in [1.165, 1.54) is 19.3 Å². The van der Waals surface area contributed by atoms with Crippen molar-refractivity contribution in [3.63, 3.8) is 0 Å². The average Bonchev–Trinajstić information content (AvgIpc) is 2.14. The van der Waals surface area contributed by atoms with Crippen molar-refractivity contribution in [1.82, 2.24) is 5.32 Å². The van der Waals surface area contributed by atoms with Gasteiger partial charge in [0.05, 0.1) is 6.42 Å². The summed E-state index contributed by atoms with van der Waals surface area (Å²) in [4.78, 5) is 10.2. The first-order valence-electron chi connectivity index (χ1n) is 4.89. The molecule has 1 aliphatic rings. The van der Waals surface area contributed by atoms with Gasteiger partial charge in [-0.25, -0.2) is 0 Å². The molecule has 1 fully saturated rings. The fraction of sp³-hybridized carbons (Fsp3) is 0.700. The molecule has 74 valence electrons. The summed E-state index contributed by atoms with van der Waals surface area (Å²) < 4.78 is 0. The lowest BCUT2D eigenvalue weighted by Crippen LogP contribution is -2.33. The maximum atomic E-state index is 10.2. The van der Waals surface area contributed by atoms with Gasteiger partial charge >= 0.3 is 5.97 Å². The van der Waals surface area contributed by atoms with Gasteiger partial charge in [0.25, 0.3) is 0 Å². The molecular weight excluding hydrogens is 166 g/mol. The number of hydrogen-bond acceptors (Lipinski definition) is 2. The van der Waals surface area contributed by atoms with Gasteiger partial charge in [-0.15, -0.1) is 0 Å². The Labute approximate surface area is 78.8 Å². The van der Waals surface area contributed by atoms with Crippen molar-refractivity contribution in [2.45, 2.75) is 38.1 Å². The van der Waals surface area contributed by atoms with Crippen molar-refractivity contribution in [3.05, 3.63) is 12.2 Å². The Morgan fingerprint density at radius 2 is 2.31 bits per heavy atom. The minimum absolute atomic E-state index is 0.146. The lowest BCUT2D eigenvalue weighted by Gasteiger charge is -2.21. The van der Waals surface area contributed by atoms with Crippen LogP contribution in [0.5, 0.6) is 0 Å². The van der Waals surface area contributed by atoms with Crippen LogP contribution in [0.4, 0.5) is 0 Å². The molecule has 13 heavy (non-hydrogen) atoms. The third-order valence-electron chi connectivity index (χ3n) is 2.29. The smallest absolute Gasteiger partial charge is 0.307 e. The maximum absolute atomic E-state index is 10.2. The zero-order chi connectivity index (χ0) is 9.52. The Bertz CT molecular complexity index is 183. The second-order valence-corrected chi connectivity index (χ2v) is 3.45. The number of carbonyl (C=O) groups is 1. The van der Waals surface area contributed by atoms with Crippen LogP contribution in [-0.4, -0.2) is 23.7 Å². The van der Waals surface area contributed by atoms with Gasteiger partial charge in [-0.05, 0) is 25.8 Å². The highest BCUT2D eigenvalue weighted by molar-refractivity contribution is 5.68. The summed E-state index contributed by atoms with van der Waals surface area (Å²) in [6, 6.07) is 0.568. The van der Waals surface area contributed by atoms with E-state index < -0.39 is 5.97 Å². The molecule has 3 nitrogen and oxygen atoms in total. The topological polar surface area (TPSA) is 49.3 Å². The van der Waals surface area contributed by atoms with Crippen LogP contribution in [0.15, 0.2) is 12.2 Å². The standard InChI is InChI=1S/C10H17NO2/c12-10(13)7-2-1-5-9-6-3-4-8-11-9/h1-2,9,11H,3-8H2,(H,12,13)/b2-1-. The lowest BCUT2D eigenvalue weighted by atomic mass is 10.0. The van der Waals surface area contributed by atoms with Crippen molar-refractivity contribution < 1.29 is 9.90 Å². The van der Waals surface area contributed by atoms with Crippen molar-refractivity contribution >= 4 is 5.97 Å². The first-order valence-corrected chi connectivity index (χ1v) is 4.89. The molecule has 0 saturated carbocycles. The van der Waals surface area contributed by atoms with Crippen LogP contribution >= 0.6 is 0 Å². The zero-order valence-electron chi connectivity index (χ0n) is 7.83. The maximum Gasteiger partial charge on any atom is 0.307 e. The van der Waals surface area contributed by atoms with Crippen LogP contribution in [0, 0.1) is 0 Å². The highest BCUT2D eigenvalue weighted by atomic mass is 16.4. The number of aliphatic carboxylic acids is 1. The van der Waals surface area contributed by atoms with E-state index in [0.29, 0.717) is 6.04 Å². The molecule has 1 rings (SSSR count). The first-order chi connectivity index (χ1) is 6.29. The Morgan fingerprint density at radius 1 is 1.46 bits per heavy atom. The molecule has 2 N–H and O–H groups in total. The van der Waals surface area contributed by atoms with Crippen molar-refractivity contribution in [3.8, 4) is 0 Å². The van der Waals surface area contributed by atoms with E-state index >= 15 is 0 Å². The van der Waals surface area contributed by atoms with Crippen LogP contribution in [0.3, 0.4) is 0 Å². The summed E-state index contributed by atoms with van der Waals surface area (Å²) in [5, 5.41) is 11.8. The van der Waals surface area contributed by atoms with Crippen LogP contribution < -0.4 is 5.32 Å². The second kappa shape index (κ2) is 5.75. The molecule has 1 saturated heterocycles. The molecule has 1 atom stereocenters. The highest BCUT2D eigenvalue weighted by Gasteiger charge is 2.09. The molecule has 0 radical (unpaired) electrons. The highest BCUT2D eigenvalue weighted by Crippen LogP contribution is 2.10. The number of hydrogen-bond donors (Lipinski definition) is 2. The largest absolute Gasteiger partial charge is 0.481 e. The molecule has 0 amide bonds. The second-order valence-electron chi connectivity index (χ2n) is 3.45. The number of piperidine rings is 1. The van der Waals surface area contributed by atoms with Crippen molar-refractivity contribution in [2.24, 2.45) is 0 Å². The van der Waals surface area contributed by atoms with Crippen LogP contribution in [0.25, 0.3) is 0 Å². The molecule has 3 heteroatoms. The molecule has 1 unspecified atom stereocenters. The van der Waals surface area contributed by atoms with Gasteiger partial charge < -0.3 is 10.4 Å². The SMILES string of the molecule is O=C(O)C/C=C\CC1CCCCN1. The minimum atomic E-state index is -0.757. The number of nitrogens with one attached hydrogen (secondary N) is 1. The Morgan fingerprint density at radius 3 is 2.92 bits per heavy atom. The van der Waals surface area contributed by atoms with Crippen LogP contribution in [0.2, 0.25) is 0 Å². The number of carboxylic acid groups (broad SMARTS) is 1. The quantitative estimate of drug-likeness (QED) is 0.650. The van der Waals surface area contributed by atoms with E-state index in [9.17, 15) is 4.79 Å². The molecule has 0 aromatic rings. The monoisotopic (exact) mass is 183 g/mol. The Hall–Kier alpha value is -0.830. The predicted octanol–water partition coefficient (Wildman–Crippen LogP) is 1.55. The van der Waals surface area contributed by atoms with E-state index in [-0.39, 0.29) is 6.42 Å². The van der Waals surface area contributed by atoms with Gasteiger partial charge in [-0.2, -0.15) is 0 Å². The van der Waals surface area contributed by atoms with Crippen LogP contribution in [-0.2, 0) is 4.79 Å². The van der Waals surface area contributed by atoms with E-state index in [1.807, 2.05) is 6.08 Å². The number of carboxylic acids is 1. The Kier molecular flexibility index (Phi) is 4.54. The van der Waals surface area contributed by atoms with E-state index in [4.69, 9.17) is 5.11 Å². The van der Waals surface area contributed by atoms with Gasteiger partial charge in [0.15, 0.2) is 0 Å². The summed E-state index contributed by atoms with van der Waals surface area (Å²) in [7, 11) is 0. The third kappa shape index (κ3) is 4.68. The molecule has 0 spiro atoms. The van der Waals surface area contributed by atoms with Gasteiger partial charge in [0, 0.05) is 6.04 Å². The van der Waals surface area contributed by atoms with Gasteiger partial charge in [0.1, 0.15) is 0 Å². The zero-order valence-corrected chi connectivity index (χ0v) is 7.83. The molecule has 1 heterocycles. The van der Waals surface area contributed by atoms with Gasteiger partial charge in [-0.1, -0.05) is 18.6 Å². The number of rotatable bonds is 4. The van der Waals surface area contributed by atoms with E-state index in [2.05, 4.69) is 5.32 Å². The Balaban J connectivity index is 2.09. The minimum Gasteiger partial charge on any atom is -0.481 e. The average molecular weight is 183 g/mol.